The summed E-state index contributed by atoms with van der Waals surface area (Å²) in [5.41, 5.74) is 2.94. The van der Waals surface area contributed by atoms with E-state index in [1.165, 1.54) is 41.2 Å². The van der Waals surface area contributed by atoms with Crippen molar-refractivity contribution < 1.29 is 0 Å². The van der Waals surface area contributed by atoms with Crippen LogP contribution in [0.3, 0.4) is 0 Å². The van der Waals surface area contributed by atoms with E-state index < -0.39 is 21.7 Å². The van der Waals surface area contributed by atoms with E-state index in [2.05, 4.69) is 43.9 Å². The number of allylic oxidation sites excluding steroid dienone is 1. The van der Waals surface area contributed by atoms with Gasteiger partial charge >= 0.3 is 119 Å². The molecule has 0 radical (unpaired) electrons. The maximum absolute atomic E-state index is 4.31. The standard InChI is InChI=1S/C11H17N2.C4H6.In/c1-3-5-10-9-12-8-6-11(10)13-7-4-2;1-3-4-2;/h6,8-9H,3-5,7H2,1-2H3;1,3H,2,4H2;/q-1;;+1. The van der Waals surface area contributed by atoms with Crippen LogP contribution in [-0.2, 0) is 6.42 Å². The Labute approximate surface area is 119 Å². The molecule has 0 saturated heterocycles. The van der Waals surface area contributed by atoms with Crippen LogP contribution in [0.15, 0.2) is 28.4 Å². The molecule has 0 N–H and O–H groups in total. The number of aromatic nitrogens is 1. The molecule has 2 nitrogen and oxygen atoms in total. The van der Waals surface area contributed by atoms with Crippen molar-refractivity contribution in [3.63, 3.8) is 0 Å². The molecule has 2 heterocycles. The quantitative estimate of drug-likeness (QED) is 0.780. The molecule has 0 aliphatic carbocycles. The van der Waals surface area contributed by atoms with Gasteiger partial charge in [-0.25, -0.2) is 0 Å². The summed E-state index contributed by atoms with van der Waals surface area (Å²) in [6, 6.07) is 2.24. The molecule has 0 saturated carbocycles. The first-order valence-corrected chi connectivity index (χ1v) is 12.9. The topological polar surface area (TPSA) is 16.1 Å². The molecule has 0 bridgehead atoms. The van der Waals surface area contributed by atoms with Crippen LogP contribution in [0.4, 0.5) is 5.69 Å². The molecule has 0 atom stereocenters. The van der Waals surface area contributed by atoms with Crippen molar-refractivity contribution in [3.8, 4) is 0 Å². The number of rotatable bonds is 6. The van der Waals surface area contributed by atoms with E-state index in [-0.39, 0.29) is 0 Å². The van der Waals surface area contributed by atoms with Gasteiger partial charge in [-0.3, -0.25) is 0 Å². The summed E-state index contributed by atoms with van der Waals surface area (Å²) in [7, 11) is 0. The molecule has 0 unspecified atom stereocenters. The fourth-order valence-corrected chi connectivity index (χ4v) is 11.2. The number of hydrogen-bond donors (Lipinski definition) is 0. The molecular formula is C15H23InN2. The molecule has 0 fully saturated rings. The van der Waals surface area contributed by atoms with Gasteiger partial charge in [-0.1, -0.05) is 0 Å². The molecule has 1 aromatic heterocycles. The minimum absolute atomic E-state index is 1.16. The summed E-state index contributed by atoms with van der Waals surface area (Å²) in [6.07, 6.45) is 11.4. The maximum atomic E-state index is 4.31. The zero-order chi connectivity index (χ0) is 12.8. The number of nitrogens with zero attached hydrogens (tertiary/aromatic N) is 2. The van der Waals surface area contributed by atoms with E-state index in [1.54, 1.807) is 0 Å². The van der Waals surface area contributed by atoms with Crippen LogP contribution >= 0.6 is 0 Å². The van der Waals surface area contributed by atoms with Crippen LogP contribution in [0.5, 0.6) is 0 Å². The average molecular weight is 346 g/mol. The van der Waals surface area contributed by atoms with Gasteiger partial charge < -0.3 is 0 Å². The molecule has 2 rings (SSSR count). The van der Waals surface area contributed by atoms with Crippen molar-refractivity contribution >= 4 is 27.4 Å². The number of hydrogen-bond acceptors (Lipinski definition) is 2. The van der Waals surface area contributed by atoms with Gasteiger partial charge in [-0.15, -0.1) is 0 Å². The first kappa shape index (κ1) is 14.0. The van der Waals surface area contributed by atoms with Crippen LogP contribution in [0.2, 0.25) is 4.18 Å². The molecule has 0 amide bonds. The Bertz CT molecular complexity index is 403. The van der Waals surface area contributed by atoms with Crippen molar-refractivity contribution in [3.05, 3.63) is 33.9 Å². The summed E-state index contributed by atoms with van der Waals surface area (Å²) in [5, 5.41) is 0. The Morgan fingerprint density at radius 1 is 1.33 bits per heavy atom. The monoisotopic (exact) mass is 346 g/mol. The molecule has 3 heteroatoms. The van der Waals surface area contributed by atoms with Gasteiger partial charge in [0.05, 0.1) is 0 Å². The number of anilines is 1. The summed E-state index contributed by atoms with van der Waals surface area (Å²) in [6.45, 7) is 5.77. The summed E-state index contributed by atoms with van der Waals surface area (Å²) < 4.78 is 6.82. The molecule has 0 aromatic carbocycles. The predicted octanol–water partition coefficient (Wildman–Crippen LogP) is 3.74. The van der Waals surface area contributed by atoms with Gasteiger partial charge in [0.15, 0.2) is 0 Å². The molecule has 1 aliphatic rings. The fourth-order valence-electron chi connectivity index (χ4n) is 2.74. The Kier molecular flexibility index (Phi) is 5.61. The minimum atomic E-state index is -1.61. The van der Waals surface area contributed by atoms with E-state index in [1.807, 2.05) is 6.20 Å². The molecule has 1 aromatic rings. The van der Waals surface area contributed by atoms with Crippen molar-refractivity contribution in [2.45, 2.75) is 43.7 Å². The third-order valence-corrected chi connectivity index (χ3v) is 12.1. The Morgan fingerprint density at radius 3 is 2.89 bits per heavy atom. The SMILES string of the molecule is CCCc1cnccc1[N](CCC)[In]1[CH]=CC[CH2]1. The second-order valence-electron chi connectivity index (χ2n) is 5.02. The van der Waals surface area contributed by atoms with Crippen molar-refractivity contribution in [2.24, 2.45) is 0 Å². The Balaban J connectivity index is 2.26. The van der Waals surface area contributed by atoms with Crippen molar-refractivity contribution in [2.75, 3.05) is 9.43 Å². The van der Waals surface area contributed by atoms with Crippen molar-refractivity contribution in [1.29, 1.82) is 0 Å². The first-order chi connectivity index (χ1) is 8.86. The number of pyridine rings is 1. The third kappa shape index (κ3) is 3.31. The van der Waals surface area contributed by atoms with Gasteiger partial charge in [-0.05, 0) is 0 Å². The van der Waals surface area contributed by atoms with E-state index in [4.69, 9.17) is 0 Å². The molecular weight excluding hydrogens is 323 g/mol. The molecule has 1 aliphatic heterocycles. The van der Waals surface area contributed by atoms with Crippen LogP contribution in [-0.4, -0.2) is 33.3 Å². The van der Waals surface area contributed by atoms with Gasteiger partial charge in [0.25, 0.3) is 0 Å². The van der Waals surface area contributed by atoms with E-state index in [9.17, 15) is 0 Å². The molecule has 96 valence electrons. The summed E-state index contributed by atoms with van der Waals surface area (Å²) in [5.74, 6) is 0. The van der Waals surface area contributed by atoms with Gasteiger partial charge in [0.1, 0.15) is 0 Å². The number of aryl methyl sites for hydroxylation is 1. The van der Waals surface area contributed by atoms with Crippen molar-refractivity contribution in [1.82, 2.24) is 4.98 Å². The van der Waals surface area contributed by atoms with E-state index in [0.29, 0.717) is 0 Å². The normalized spacial score (nSPS) is 14.2. The third-order valence-electron chi connectivity index (χ3n) is 3.56. The molecule has 18 heavy (non-hydrogen) atoms. The van der Waals surface area contributed by atoms with E-state index >= 15 is 0 Å². The Morgan fingerprint density at radius 2 is 2.22 bits per heavy atom. The van der Waals surface area contributed by atoms with Crippen LogP contribution in [0.25, 0.3) is 0 Å². The van der Waals surface area contributed by atoms with E-state index in [0.717, 1.165) is 6.42 Å². The predicted molar refractivity (Wildman–Crippen MR) is 80.2 cm³/mol. The van der Waals surface area contributed by atoms with Gasteiger partial charge in [0, 0.05) is 0 Å². The van der Waals surface area contributed by atoms with Crippen LogP contribution in [0, 0.1) is 0 Å². The summed E-state index contributed by atoms with van der Waals surface area (Å²) >= 11 is -1.61. The van der Waals surface area contributed by atoms with Crippen LogP contribution < -0.4 is 2.89 Å². The summed E-state index contributed by atoms with van der Waals surface area (Å²) in [4.78, 5) is 4.31. The first-order valence-electron chi connectivity index (χ1n) is 7.23. The zero-order valence-electron chi connectivity index (χ0n) is 11.6. The van der Waals surface area contributed by atoms with Crippen LogP contribution in [0.1, 0.15) is 38.7 Å². The second-order valence-corrected chi connectivity index (χ2v) is 12.8. The molecule has 0 spiro atoms. The van der Waals surface area contributed by atoms with Gasteiger partial charge in [0.2, 0.25) is 0 Å². The average Bonchev–Trinajstić information content (AvgIpc) is 2.91. The van der Waals surface area contributed by atoms with Gasteiger partial charge in [-0.2, -0.15) is 0 Å². The fraction of sp³-hybridized carbons (Fsp3) is 0.533. The second kappa shape index (κ2) is 7.22. The zero-order valence-corrected chi connectivity index (χ0v) is 14.9. The Hall–Kier alpha value is -0.440.